The van der Waals surface area contributed by atoms with E-state index in [2.05, 4.69) is 5.32 Å². The fraction of sp³-hybridized carbons (Fsp3) is 0.250. The van der Waals surface area contributed by atoms with E-state index in [1.54, 1.807) is 49.4 Å². The zero-order chi connectivity index (χ0) is 19.0. The molecule has 2 heterocycles. The maximum atomic E-state index is 12.9. The lowest BCUT2D eigenvalue weighted by molar-refractivity contribution is -0.130. The predicted octanol–water partition coefficient (Wildman–Crippen LogP) is 2.11. The van der Waals surface area contributed by atoms with Gasteiger partial charge in [-0.05, 0) is 30.7 Å². The number of Topliss-reactive ketones (excluding diaryl/α,β-unsaturated/α-hetero) is 1. The second kappa shape index (κ2) is 6.42. The number of fused-ring (bicyclic) bond motifs is 1. The first-order valence-corrected chi connectivity index (χ1v) is 8.61. The van der Waals surface area contributed by atoms with E-state index < -0.39 is 17.5 Å². The van der Waals surface area contributed by atoms with Gasteiger partial charge in [0, 0.05) is 5.56 Å². The van der Waals surface area contributed by atoms with Crippen molar-refractivity contribution in [2.45, 2.75) is 12.5 Å². The molecule has 2 aromatic carbocycles. The number of hydrogen-bond acceptors (Lipinski definition) is 5. The molecule has 0 saturated carbocycles. The summed E-state index contributed by atoms with van der Waals surface area (Å²) in [7, 11) is 0. The van der Waals surface area contributed by atoms with Crippen LogP contribution in [0.3, 0.4) is 0 Å². The fourth-order valence-corrected chi connectivity index (χ4v) is 3.26. The molecular formula is C20H18N2O5. The highest BCUT2D eigenvalue weighted by molar-refractivity contribution is 6.11. The van der Waals surface area contributed by atoms with Crippen LogP contribution in [0.25, 0.3) is 0 Å². The molecule has 1 atom stereocenters. The topological polar surface area (TPSA) is 84.9 Å². The highest BCUT2D eigenvalue weighted by atomic mass is 16.6. The zero-order valence-corrected chi connectivity index (χ0v) is 14.7. The van der Waals surface area contributed by atoms with Gasteiger partial charge in [-0.25, -0.2) is 4.79 Å². The van der Waals surface area contributed by atoms with Crippen molar-refractivity contribution < 1.29 is 23.9 Å². The van der Waals surface area contributed by atoms with Gasteiger partial charge in [-0.3, -0.25) is 14.5 Å². The lowest BCUT2D eigenvalue weighted by Gasteiger charge is -2.22. The van der Waals surface area contributed by atoms with Crippen LogP contribution in [0.2, 0.25) is 0 Å². The van der Waals surface area contributed by atoms with Gasteiger partial charge in [0.25, 0.3) is 5.91 Å². The van der Waals surface area contributed by atoms with Gasteiger partial charge < -0.3 is 14.8 Å². The number of hydrogen-bond donors (Lipinski definition) is 1. The van der Waals surface area contributed by atoms with Crippen molar-refractivity contribution >= 4 is 17.7 Å². The maximum Gasteiger partial charge on any atom is 0.325 e. The molecule has 0 aromatic heterocycles. The van der Waals surface area contributed by atoms with Crippen molar-refractivity contribution in [3.8, 4) is 11.5 Å². The van der Waals surface area contributed by atoms with Crippen molar-refractivity contribution in [2.24, 2.45) is 0 Å². The molecule has 3 amide bonds. The third-order valence-electron chi connectivity index (χ3n) is 4.79. The first-order valence-electron chi connectivity index (χ1n) is 8.61. The number of urea groups is 1. The number of ether oxygens (including phenoxy) is 2. The molecule has 138 valence electrons. The van der Waals surface area contributed by atoms with Gasteiger partial charge in [-0.15, -0.1) is 0 Å². The Morgan fingerprint density at radius 1 is 1.07 bits per heavy atom. The van der Waals surface area contributed by atoms with Crippen molar-refractivity contribution in [2.75, 3.05) is 19.8 Å². The quantitative estimate of drug-likeness (QED) is 0.662. The first kappa shape index (κ1) is 17.1. The van der Waals surface area contributed by atoms with Gasteiger partial charge in [-0.2, -0.15) is 0 Å². The molecule has 1 N–H and O–H groups in total. The SMILES string of the molecule is C[C@]1(c2ccccc2)NC(=O)N(CC(=O)c2ccc3c(c2)OCCO3)C1=O. The number of ketones is 1. The van der Waals surface area contributed by atoms with Crippen LogP contribution in [0.15, 0.2) is 48.5 Å². The molecule has 0 aliphatic carbocycles. The molecule has 27 heavy (non-hydrogen) atoms. The molecule has 2 aliphatic rings. The maximum absolute atomic E-state index is 12.9. The molecule has 0 spiro atoms. The summed E-state index contributed by atoms with van der Waals surface area (Å²) in [5, 5.41) is 2.69. The van der Waals surface area contributed by atoms with Crippen molar-refractivity contribution in [3.63, 3.8) is 0 Å². The normalized spacial score (nSPS) is 21.1. The molecule has 0 bridgehead atoms. The summed E-state index contributed by atoms with van der Waals surface area (Å²) in [5.74, 6) is 0.250. The van der Waals surface area contributed by atoms with E-state index in [-0.39, 0.29) is 12.3 Å². The monoisotopic (exact) mass is 366 g/mol. The highest BCUT2D eigenvalue weighted by Gasteiger charge is 2.49. The van der Waals surface area contributed by atoms with Crippen molar-refractivity contribution in [1.29, 1.82) is 0 Å². The lowest BCUT2D eigenvalue weighted by Crippen LogP contribution is -2.41. The van der Waals surface area contributed by atoms with Crippen LogP contribution in [-0.2, 0) is 10.3 Å². The fourth-order valence-electron chi connectivity index (χ4n) is 3.26. The van der Waals surface area contributed by atoms with E-state index in [0.29, 0.717) is 35.8 Å². The van der Waals surface area contributed by atoms with Crippen molar-refractivity contribution in [3.05, 3.63) is 59.7 Å². The number of nitrogens with zero attached hydrogens (tertiary/aromatic N) is 1. The van der Waals surface area contributed by atoms with Crippen LogP contribution in [0.1, 0.15) is 22.8 Å². The average molecular weight is 366 g/mol. The average Bonchev–Trinajstić information content (AvgIpc) is 2.92. The third kappa shape index (κ3) is 2.91. The Morgan fingerprint density at radius 2 is 1.78 bits per heavy atom. The van der Waals surface area contributed by atoms with Crippen molar-refractivity contribution in [1.82, 2.24) is 10.2 Å². The number of carbonyl (C=O) groups is 3. The Morgan fingerprint density at radius 3 is 2.52 bits per heavy atom. The molecule has 1 saturated heterocycles. The standard InChI is InChI=1S/C20H18N2O5/c1-20(14-5-3-2-4-6-14)18(24)22(19(25)21-20)12-15(23)13-7-8-16-17(11-13)27-10-9-26-16/h2-8,11H,9-10,12H2,1H3,(H,21,25)/t20-/m1/s1. The largest absolute Gasteiger partial charge is 0.486 e. The number of imide groups is 1. The van der Waals surface area contributed by atoms with Crippen LogP contribution < -0.4 is 14.8 Å². The Hall–Kier alpha value is -3.35. The van der Waals surface area contributed by atoms with Crippen LogP contribution in [0, 0.1) is 0 Å². The van der Waals surface area contributed by atoms with E-state index in [1.165, 1.54) is 0 Å². The summed E-state index contributed by atoms with van der Waals surface area (Å²) in [6.07, 6.45) is 0. The molecule has 7 nitrogen and oxygen atoms in total. The van der Waals surface area contributed by atoms with E-state index in [0.717, 1.165) is 4.90 Å². The zero-order valence-electron chi connectivity index (χ0n) is 14.7. The van der Waals surface area contributed by atoms with Gasteiger partial charge in [-0.1, -0.05) is 30.3 Å². The number of rotatable bonds is 4. The molecule has 4 rings (SSSR count). The minimum absolute atomic E-state index is 0.341. The minimum Gasteiger partial charge on any atom is -0.486 e. The molecule has 2 aliphatic heterocycles. The number of benzene rings is 2. The first-order chi connectivity index (χ1) is 13.0. The highest BCUT2D eigenvalue weighted by Crippen LogP contribution is 2.32. The Labute approximate surface area is 155 Å². The molecule has 7 heteroatoms. The lowest BCUT2D eigenvalue weighted by atomic mass is 9.92. The van der Waals surface area contributed by atoms with E-state index in [1.807, 2.05) is 6.07 Å². The van der Waals surface area contributed by atoms with E-state index in [9.17, 15) is 14.4 Å². The van der Waals surface area contributed by atoms with E-state index in [4.69, 9.17) is 9.47 Å². The summed E-state index contributed by atoms with van der Waals surface area (Å²) in [5.41, 5.74) is -0.170. The van der Waals surface area contributed by atoms with Crippen LogP contribution in [-0.4, -0.2) is 42.4 Å². The van der Waals surface area contributed by atoms with Gasteiger partial charge in [0.1, 0.15) is 18.8 Å². The second-order valence-electron chi connectivity index (χ2n) is 6.59. The Bertz CT molecular complexity index is 927. The number of carbonyl (C=O) groups excluding carboxylic acids is 3. The second-order valence-corrected chi connectivity index (χ2v) is 6.59. The van der Waals surface area contributed by atoms with Gasteiger partial charge in [0.2, 0.25) is 0 Å². The summed E-state index contributed by atoms with van der Waals surface area (Å²) >= 11 is 0. The van der Waals surface area contributed by atoms with Crippen LogP contribution in [0.5, 0.6) is 11.5 Å². The minimum atomic E-state index is -1.19. The molecular weight excluding hydrogens is 348 g/mol. The van der Waals surface area contributed by atoms with E-state index >= 15 is 0 Å². The summed E-state index contributed by atoms with van der Waals surface area (Å²) in [4.78, 5) is 38.9. The Balaban J connectivity index is 1.55. The van der Waals surface area contributed by atoms with Gasteiger partial charge in [0.15, 0.2) is 17.3 Å². The molecule has 0 radical (unpaired) electrons. The Kier molecular flexibility index (Phi) is 4.07. The molecule has 0 unspecified atom stereocenters. The summed E-state index contributed by atoms with van der Waals surface area (Å²) in [6, 6.07) is 13.2. The van der Waals surface area contributed by atoms with Gasteiger partial charge in [0.05, 0.1) is 6.54 Å². The smallest absolute Gasteiger partial charge is 0.325 e. The third-order valence-corrected chi connectivity index (χ3v) is 4.79. The van der Waals surface area contributed by atoms with Crippen LogP contribution >= 0.6 is 0 Å². The predicted molar refractivity (Wildman–Crippen MR) is 95.8 cm³/mol. The molecule has 2 aromatic rings. The van der Waals surface area contributed by atoms with Crippen LogP contribution in [0.4, 0.5) is 4.79 Å². The number of nitrogens with one attached hydrogen (secondary N) is 1. The molecule has 1 fully saturated rings. The summed E-state index contributed by atoms with van der Waals surface area (Å²) in [6.45, 7) is 2.16. The summed E-state index contributed by atoms with van der Waals surface area (Å²) < 4.78 is 10.9. The van der Waals surface area contributed by atoms with Gasteiger partial charge >= 0.3 is 6.03 Å². The number of amides is 3.